The van der Waals surface area contributed by atoms with Crippen LogP contribution in [0.2, 0.25) is 0 Å². The second-order valence-electron chi connectivity index (χ2n) is 7.18. The third-order valence-electron chi connectivity index (χ3n) is 4.91. The molecule has 1 saturated heterocycles. The van der Waals surface area contributed by atoms with Crippen molar-refractivity contribution in [2.45, 2.75) is 13.5 Å². The molecule has 168 valence electrons. The number of aryl methyl sites for hydroxylation is 1. The summed E-state index contributed by atoms with van der Waals surface area (Å²) in [5.74, 6) is 0.0849. The highest BCUT2D eigenvalue weighted by Crippen LogP contribution is 2.25. The molecule has 12 heteroatoms. The van der Waals surface area contributed by atoms with E-state index in [4.69, 9.17) is 9.26 Å². The lowest BCUT2D eigenvalue weighted by Gasteiger charge is -2.26. The molecule has 4 heterocycles. The number of hydrogen-bond acceptors (Lipinski definition) is 9. The summed E-state index contributed by atoms with van der Waals surface area (Å²) in [6.07, 6.45) is 2.51. The number of sulfone groups is 1. The van der Waals surface area contributed by atoms with Crippen molar-refractivity contribution in [2.24, 2.45) is 0 Å². The average molecular weight is 461 g/mol. The number of aromatic nitrogens is 3. The van der Waals surface area contributed by atoms with Crippen molar-refractivity contribution < 1.29 is 26.9 Å². The van der Waals surface area contributed by atoms with Gasteiger partial charge in [-0.05, 0) is 31.2 Å². The van der Waals surface area contributed by atoms with Crippen LogP contribution in [-0.4, -0.2) is 59.1 Å². The van der Waals surface area contributed by atoms with Crippen molar-refractivity contribution in [1.82, 2.24) is 25.6 Å². The summed E-state index contributed by atoms with van der Waals surface area (Å²) >= 11 is 0. The van der Waals surface area contributed by atoms with E-state index in [9.17, 15) is 17.6 Å². The molecule has 1 N–H and O–H groups in total. The first-order chi connectivity index (χ1) is 15.3. The predicted octanol–water partition coefficient (Wildman–Crippen LogP) is 1.53. The highest BCUT2D eigenvalue weighted by molar-refractivity contribution is 7.91. The zero-order valence-corrected chi connectivity index (χ0v) is 17.9. The summed E-state index contributed by atoms with van der Waals surface area (Å²) in [6.45, 7) is 2.31. The van der Waals surface area contributed by atoms with Gasteiger partial charge in [0.2, 0.25) is 0 Å². The van der Waals surface area contributed by atoms with Crippen LogP contribution in [-0.2, 0) is 16.4 Å². The Labute approximate surface area is 183 Å². The van der Waals surface area contributed by atoms with Gasteiger partial charge in [0, 0.05) is 13.1 Å². The number of nitrogens with one attached hydrogen (secondary N) is 1. The molecule has 0 saturated carbocycles. The highest BCUT2D eigenvalue weighted by atomic mass is 32.2. The molecule has 4 rings (SSSR count). The maximum Gasteiger partial charge on any atom is 0.284 e. The van der Waals surface area contributed by atoms with Crippen LogP contribution in [0, 0.1) is 12.7 Å². The Morgan fingerprint density at radius 1 is 1.19 bits per heavy atom. The fourth-order valence-electron chi connectivity index (χ4n) is 3.06. The summed E-state index contributed by atoms with van der Waals surface area (Å²) in [5.41, 5.74) is 4.39. The van der Waals surface area contributed by atoms with Crippen LogP contribution < -0.4 is 10.2 Å². The lowest BCUT2D eigenvalue weighted by Crippen LogP contribution is -2.50. The van der Waals surface area contributed by atoms with Crippen LogP contribution in [0.15, 0.2) is 41.2 Å². The van der Waals surface area contributed by atoms with Crippen molar-refractivity contribution in [3.63, 3.8) is 0 Å². The van der Waals surface area contributed by atoms with Gasteiger partial charge in [-0.3, -0.25) is 15.2 Å². The molecule has 0 aliphatic carbocycles. The van der Waals surface area contributed by atoms with Gasteiger partial charge in [0.15, 0.2) is 9.84 Å². The number of halogens is 1. The van der Waals surface area contributed by atoms with E-state index >= 15 is 0 Å². The summed E-state index contributed by atoms with van der Waals surface area (Å²) in [7, 11) is -3.03. The van der Waals surface area contributed by atoms with Crippen molar-refractivity contribution >= 4 is 15.7 Å². The van der Waals surface area contributed by atoms with Gasteiger partial charge in [0.1, 0.15) is 35.3 Å². The largest absolute Gasteiger partial charge is 0.487 e. The number of ether oxygens (including phenoxy) is 1. The molecule has 32 heavy (non-hydrogen) atoms. The van der Waals surface area contributed by atoms with Gasteiger partial charge in [0.05, 0.1) is 35.2 Å². The lowest BCUT2D eigenvalue weighted by atomic mass is 10.1. The second kappa shape index (κ2) is 9.01. The molecule has 0 unspecified atom stereocenters. The molecule has 1 amide bonds. The van der Waals surface area contributed by atoms with E-state index < -0.39 is 21.6 Å². The molecule has 0 atom stereocenters. The summed E-state index contributed by atoms with van der Waals surface area (Å²) in [5, 5.41) is 5.54. The number of pyridine rings is 2. The number of amides is 1. The Bertz CT molecular complexity index is 1200. The van der Waals surface area contributed by atoms with Crippen molar-refractivity contribution in [3.05, 3.63) is 59.5 Å². The molecular formula is C20H20FN5O5S. The maximum absolute atomic E-state index is 13.1. The SMILES string of the molecule is Cc1onc(-c2ccc(F)cn2)c1COc1ccc(C(=O)NN2CCS(=O)(=O)CC2)nc1. The number of carbonyl (C=O) groups excluding carboxylic acids is 1. The molecular weight excluding hydrogens is 441 g/mol. The molecule has 1 aliphatic heterocycles. The Balaban J connectivity index is 1.37. The third-order valence-corrected chi connectivity index (χ3v) is 6.52. The van der Waals surface area contributed by atoms with E-state index in [0.717, 1.165) is 6.20 Å². The van der Waals surface area contributed by atoms with E-state index in [1.165, 1.54) is 24.4 Å². The first-order valence-electron chi connectivity index (χ1n) is 9.73. The summed E-state index contributed by atoms with van der Waals surface area (Å²) < 4.78 is 47.1. The van der Waals surface area contributed by atoms with Gasteiger partial charge in [-0.1, -0.05) is 5.16 Å². The van der Waals surface area contributed by atoms with Crippen molar-refractivity contribution in [1.29, 1.82) is 0 Å². The minimum absolute atomic E-state index is 0.00516. The van der Waals surface area contributed by atoms with E-state index in [1.54, 1.807) is 18.0 Å². The van der Waals surface area contributed by atoms with Gasteiger partial charge in [0.25, 0.3) is 5.91 Å². The van der Waals surface area contributed by atoms with Crippen molar-refractivity contribution in [2.75, 3.05) is 24.6 Å². The summed E-state index contributed by atoms with van der Waals surface area (Å²) in [4.78, 5) is 20.5. The van der Waals surface area contributed by atoms with E-state index in [1.807, 2.05) is 0 Å². The summed E-state index contributed by atoms with van der Waals surface area (Å²) in [6, 6.07) is 5.89. The Morgan fingerprint density at radius 3 is 2.62 bits per heavy atom. The molecule has 0 aromatic carbocycles. The third kappa shape index (κ3) is 5.08. The number of carbonyl (C=O) groups is 1. The number of nitrogens with zero attached hydrogens (tertiary/aromatic N) is 4. The molecule has 1 fully saturated rings. The van der Waals surface area contributed by atoms with Gasteiger partial charge in [-0.2, -0.15) is 0 Å². The van der Waals surface area contributed by atoms with Crippen LogP contribution in [0.4, 0.5) is 4.39 Å². The monoisotopic (exact) mass is 461 g/mol. The van der Waals surface area contributed by atoms with Gasteiger partial charge in [-0.25, -0.2) is 22.8 Å². The fourth-order valence-corrected chi connectivity index (χ4v) is 4.26. The Hall–Kier alpha value is -3.38. The average Bonchev–Trinajstić information content (AvgIpc) is 3.15. The minimum atomic E-state index is -3.03. The smallest absolute Gasteiger partial charge is 0.284 e. The first kappa shape index (κ1) is 21.8. The molecule has 0 spiro atoms. The molecule has 0 radical (unpaired) electrons. The van der Waals surface area contributed by atoms with E-state index in [-0.39, 0.29) is 36.9 Å². The zero-order valence-electron chi connectivity index (χ0n) is 17.1. The van der Waals surface area contributed by atoms with Crippen LogP contribution in [0.3, 0.4) is 0 Å². The molecule has 3 aromatic heterocycles. The maximum atomic E-state index is 13.1. The minimum Gasteiger partial charge on any atom is -0.487 e. The van der Waals surface area contributed by atoms with E-state index in [0.29, 0.717) is 28.5 Å². The molecule has 1 aliphatic rings. The predicted molar refractivity (Wildman–Crippen MR) is 111 cm³/mol. The Morgan fingerprint density at radius 2 is 1.97 bits per heavy atom. The molecule has 3 aromatic rings. The normalized spacial score (nSPS) is 15.9. The van der Waals surface area contributed by atoms with Crippen LogP contribution in [0.1, 0.15) is 21.8 Å². The van der Waals surface area contributed by atoms with Crippen LogP contribution in [0.25, 0.3) is 11.4 Å². The first-order valence-corrected chi connectivity index (χ1v) is 11.6. The molecule has 0 bridgehead atoms. The van der Waals surface area contributed by atoms with Gasteiger partial charge >= 0.3 is 0 Å². The second-order valence-corrected chi connectivity index (χ2v) is 9.48. The fraction of sp³-hybridized carbons (Fsp3) is 0.300. The van der Waals surface area contributed by atoms with E-state index in [2.05, 4.69) is 20.6 Å². The van der Waals surface area contributed by atoms with Crippen LogP contribution >= 0.6 is 0 Å². The standard InChI is InChI=1S/C20H20FN5O5S/c1-13-16(19(25-31-13)17-4-2-14(21)10-22-17)12-30-15-3-5-18(23-11-15)20(27)24-26-6-8-32(28,29)9-7-26/h2-5,10-11H,6-9,12H2,1H3,(H,24,27). The zero-order chi connectivity index (χ0) is 22.7. The number of hydrazine groups is 1. The van der Waals surface area contributed by atoms with Gasteiger partial charge in [-0.15, -0.1) is 0 Å². The quantitative estimate of drug-likeness (QED) is 0.581. The topological polar surface area (TPSA) is 128 Å². The number of hydrogen-bond donors (Lipinski definition) is 1. The Kier molecular flexibility index (Phi) is 6.15. The van der Waals surface area contributed by atoms with Crippen LogP contribution in [0.5, 0.6) is 5.75 Å². The van der Waals surface area contributed by atoms with Crippen molar-refractivity contribution in [3.8, 4) is 17.1 Å². The van der Waals surface area contributed by atoms with Gasteiger partial charge < -0.3 is 9.26 Å². The number of rotatable bonds is 6. The lowest BCUT2D eigenvalue weighted by molar-refractivity contribution is 0.0796. The highest BCUT2D eigenvalue weighted by Gasteiger charge is 2.23. The molecule has 10 nitrogen and oxygen atoms in total.